The normalized spacial score (nSPS) is 55.4. The molecule has 10 N–H and O–H groups in total. The molecule has 3 saturated heterocycles. The van der Waals surface area contributed by atoms with Gasteiger partial charge in [0.15, 0.2) is 12.6 Å². The third-order valence-electron chi connectivity index (χ3n) is 14.9. The van der Waals surface area contributed by atoms with Crippen molar-refractivity contribution in [2.24, 2.45) is 28.1 Å². The number of ether oxygens (including phenoxy) is 6. The van der Waals surface area contributed by atoms with Crippen molar-refractivity contribution in [1.82, 2.24) is 0 Å². The molecule has 17 nitrogen and oxygen atoms in total. The Bertz CT molecular complexity index is 1430. The second-order valence-electron chi connectivity index (χ2n) is 18.0. The van der Waals surface area contributed by atoms with E-state index in [4.69, 9.17) is 28.4 Å². The van der Waals surface area contributed by atoms with Crippen molar-refractivity contribution in [1.29, 1.82) is 0 Å². The third-order valence-corrected chi connectivity index (χ3v) is 14.9. The highest BCUT2D eigenvalue weighted by molar-refractivity contribution is 5.77. The molecule has 4 saturated carbocycles. The predicted octanol–water partition coefficient (Wildman–Crippen LogP) is -1.91. The molecule has 3 aliphatic heterocycles. The fraction of sp³-hybridized carbons (Fsp3) is 0.921. The molecule has 3 heterocycles. The monoisotopic (exact) mass is 788 g/mol. The number of aliphatic hydroxyl groups excluding tert-OH is 10. The number of carbonyl (C=O) groups excluding carboxylic acids is 1. The van der Waals surface area contributed by atoms with Gasteiger partial charge in [-0.25, -0.2) is 0 Å². The highest BCUT2D eigenvalue weighted by Crippen LogP contribution is 2.73. The van der Waals surface area contributed by atoms with Gasteiger partial charge in [-0.15, -0.1) is 0 Å². The van der Waals surface area contributed by atoms with E-state index in [-0.39, 0.29) is 22.7 Å². The van der Waals surface area contributed by atoms with Gasteiger partial charge < -0.3 is 79.5 Å². The van der Waals surface area contributed by atoms with Gasteiger partial charge in [0.25, 0.3) is 0 Å². The molecule has 0 unspecified atom stereocenters. The van der Waals surface area contributed by atoms with E-state index in [1.54, 1.807) is 0 Å². The molecule has 7 rings (SSSR count). The van der Waals surface area contributed by atoms with Crippen LogP contribution in [0.4, 0.5) is 0 Å². The van der Waals surface area contributed by atoms with Crippen LogP contribution in [0.25, 0.3) is 0 Å². The van der Waals surface area contributed by atoms with Crippen molar-refractivity contribution in [2.75, 3.05) is 13.2 Å². The van der Waals surface area contributed by atoms with Crippen LogP contribution >= 0.6 is 0 Å². The topological polar surface area (TPSA) is 275 Å². The Morgan fingerprint density at radius 2 is 1.33 bits per heavy atom. The smallest absolute Gasteiger partial charge is 0.314 e. The minimum Gasteiger partial charge on any atom is -0.432 e. The Morgan fingerprint density at radius 1 is 0.727 bits per heavy atom. The van der Waals surface area contributed by atoms with Crippen LogP contribution in [0.1, 0.15) is 78.6 Å². The van der Waals surface area contributed by atoms with E-state index < -0.39 is 122 Å². The van der Waals surface area contributed by atoms with E-state index in [0.717, 1.165) is 24.8 Å². The number of aliphatic hydroxyl groups is 10. The lowest BCUT2D eigenvalue weighted by Gasteiger charge is -2.64. The molecule has 55 heavy (non-hydrogen) atoms. The van der Waals surface area contributed by atoms with Crippen molar-refractivity contribution >= 4 is 5.97 Å². The van der Waals surface area contributed by atoms with Gasteiger partial charge in [-0.2, -0.15) is 0 Å². The van der Waals surface area contributed by atoms with Gasteiger partial charge in [-0.3, -0.25) is 4.79 Å². The summed E-state index contributed by atoms with van der Waals surface area (Å²) in [5.74, 6) is -0.536. The molecule has 0 amide bonds. The number of esters is 1. The second kappa shape index (κ2) is 15.0. The van der Waals surface area contributed by atoms with Crippen molar-refractivity contribution in [3.05, 3.63) is 12.2 Å². The first kappa shape index (κ1) is 41.8. The molecule has 17 heteroatoms. The fourth-order valence-corrected chi connectivity index (χ4v) is 12.0. The Balaban J connectivity index is 1.10. The van der Waals surface area contributed by atoms with Gasteiger partial charge >= 0.3 is 5.97 Å². The van der Waals surface area contributed by atoms with E-state index in [9.17, 15) is 55.9 Å². The van der Waals surface area contributed by atoms with E-state index in [2.05, 4.69) is 13.5 Å². The third kappa shape index (κ3) is 6.63. The first-order valence-corrected chi connectivity index (χ1v) is 19.7. The van der Waals surface area contributed by atoms with Gasteiger partial charge in [0.1, 0.15) is 67.1 Å². The zero-order valence-corrected chi connectivity index (χ0v) is 31.6. The van der Waals surface area contributed by atoms with Crippen molar-refractivity contribution in [2.45, 2.75) is 176 Å². The van der Waals surface area contributed by atoms with Gasteiger partial charge in [-0.1, -0.05) is 19.9 Å². The summed E-state index contributed by atoms with van der Waals surface area (Å²) in [5.41, 5.74) is -1.66. The quantitative estimate of drug-likeness (QED) is 0.0730. The molecule has 21 atom stereocenters. The van der Waals surface area contributed by atoms with Crippen LogP contribution in [0.2, 0.25) is 0 Å². The Hall–Kier alpha value is -1.39. The van der Waals surface area contributed by atoms with Crippen LogP contribution < -0.4 is 0 Å². The largest absolute Gasteiger partial charge is 0.432 e. The maximum atomic E-state index is 14.1. The van der Waals surface area contributed by atoms with E-state index in [1.807, 2.05) is 6.92 Å². The lowest BCUT2D eigenvalue weighted by Crippen LogP contribution is -2.65. The van der Waals surface area contributed by atoms with Crippen LogP contribution in [-0.2, 0) is 33.2 Å². The van der Waals surface area contributed by atoms with Crippen molar-refractivity contribution in [3.8, 4) is 0 Å². The Labute approximate surface area is 319 Å². The molecule has 2 bridgehead atoms. The maximum Gasteiger partial charge on any atom is 0.314 e. The van der Waals surface area contributed by atoms with Crippen molar-refractivity contribution < 1.29 is 84.3 Å². The zero-order chi connectivity index (χ0) is 40.0. The van der Waals surface area contributed by atoms with Crippen LogP contribution in [0, 0.1) is 28.1 Å². The SMILES string of the molecule is C=C1C[C@]23CC[C@H]4[C@@](C)(CCC[C@@]4(C)C(=O)O[C@@H]4O[C@H](CO)[C@@H](O)[C@H](O)[C@H]4O)[C@@H]2CC[C@@]1(O[C@@H]1O[C@H](CO)[C@@H](O)[C@H](O)[C@H]1O[C@@H]1O[C@@H](C)[C@H](O)[C@@H](O)[C@H]1O)C3. The van der Waals surface area contributed by atoms with E-state index >= 15 is 0 Å². The predicted molar refractivity (Wildman–Crippen MR) is 185 cm³/mol. The molecule has 7 aliphatic rings. The molecule has 1 spiro atoms. The van der Waals surface area contributed by atoms with Gasteiger partial charge in [0.2, 0.25) is 6.29 Å². The molecule has 4 aliphatic carbocycles. The number of hydrogen-bond donors (Lipinski definition) is 10. The maximum absolute atomic E-state index is 14.1. The molecular formula is C38H60O17. The number of fused-ring (bicyclic) bond motifs is 3. The lowest BCUT2D eigenvalue weighted by atomic mass is 9.41. The highest BCUT2D eigenvalue weighted by Gasteiger charge is 2.69. The summed E-state index contributed by atoms with van der Waals surface area (Å²) in [4.78, 5) is 14.1. The minimum atomic E-state index is -1.70. The Morgan fingerprint density at radius 3 is 2.00 bits per heavy atom. The number of hydrogen-bond acceptors (Lipinski definition) is 17. The molecule has 0 radical (unpaired) electrons. The zero-order valence-electron chi connectivity index (χ0n) is 31.6. The van der Waals surface area contributed by atoms with Gasteiger partial charge in [0.05, 0.1) is 30.3 Å². The minimum absolute atomic E-state index is 0.108. The van der Waals surface area contributed by atoms with Gasteiger partial charge in [0, 0.05) is 0 Å². The van der Waals surface area contributed by atoms with E-state index in [1.165, 1.54) is 6.92 Å². The molecule has 0 aromatic carbocycles. The highest BCUT2D eigenvalue weighted by atomic mass is 16.8. The molecule has 0 aromatic rings. The molecular weight excluding hydrogens is 728 g/mol. The summed E-state index contributed by atoms with van der Waals surface area (Å²) in [6.45, 7) is 8.81. The first-order valence-electron chi connectivity index (χ1n) is 19.7. The molecule has 314 valence electrons. The van der Waals surface area contributed by atoms with Gasteiger partial charge in [-0.05, 0) is 93.5 Å². The summed E-state index contributed by atoms with van der Waals surface area (Å²) in [6, 6.07) is 0. The van der Waals surface area contributed by atoms with Crippen LogP contribution in [0.15, 0.2) is 12.2 Å². The Kier molecular flexibility index (Phi) is 11.4. The van der Waals surface area contributed by atoms with Crippen LogP contribution in [0.3, 0.4) is 0 Å². The van der Waals surface area contributed by atoms with Crippen LogP contribution in [0.5, 0.6) is 0 Å². The first-order chi connectivity index (χ1) is 25.9. The summed E-state index contributed by atoms with van der Waals surface area (Å²) in [6.07, 6.45) is -16.2. The number of carbonyl (C=O) groups is 1. The molecule has 0 aromatic heterocycles. The average molecular weight is 789 g/mol. The average Bonchev–Trinajstić information content (AvgIpc) is 3.35. The standard InChI is InChI=1S/C38H60O17/c1-16-12-37-10-6-20-35(3,8-5-9-36(20,4)34(49)54-32-29(48)26(45)23(42)18(13-39)51-32)21(37)7-11-38(16,15-37)55-33-30(27(46)24(43)19(14-40)52-33)53-31-28(47)25(44)22(41)17(2)50-31/h17-33,39-48H,1,5-15H2,2-4H3/t17-,18+,19+,20-,21-,22-,23+,24+,25+,26-,27-,28+,29+,30+,31-,32-,33-,35+,36+,37-,38+/m0/s1. The van der Waals surface area contributed by atoms with E-state index in [0.29, 0.717) is 38.5 Å². The summed E-state index contributed by atoms with van der Waals surface area (Å²) in [7, 11) is 0. The molecule has 7 fully saturated rings. The summed E-state index contributed by atoms with van der Waals surface area (Å²) >= 11 is 0. The summed E-state index contributed by atoms with van der Waals surface area (Å²) in [5, 5.41) is 104. The fourth-order valence-electron chi connectivity index (χ4n) is 12.0. The van der Waals surface area contributed by atoms with Crippen molar-refractivity contribution in [3.63, 3.8) is 0 Å². The lowest BCUT2D eigenvalue weighted by molar-refractivity contribution is -0.376. The van der Waals surface area contributed by atoms with Crippen LogP contribution in [-0.4, -0.2) is 168 Å². The number of rotatable bonds is 8. The second-order valence-corrected chi connectivity index (χ2v) is 18.0. The summed E-state index contributed by atoms with van der Waals surface area (Å²) < 4.78 is 35.8.